The molecule has 4 nitrogen and oxygen atoms in total. The van der Waals surface area contributed by atoms with Gasteiger partial charge in [-0.05, 0) is 6.92 Å². The van der Waals surface area contributed by atoms with Crippen LogP contribution in [0.25, 0.3) is 0 Å². The van der Waals surface area contributed by atoms with E-state index in [-0.39, 0.29) is 5.69 Å². The molecule has 76 valence electrons. The van der Waals surface area contributed by atoms with Crippen LogP contribution in [-0.2, 0) is 0 Å². The lowest BCUT2D eigenvalue weighted by Gasteiger charge is -2.04. The van der Waals surface area contributed by atoms with E-state index in [2.05, 4.69) is 5.32 Å². The molecular formula is C8H8F2N2O2. The maximum atomic E-state index is 13.0. The minimum Gasteiger partial charge on any atom is -0.383 e. The van der Waals surface area contributed by atoms with Crippen molar-refractivity contribution in [2.75, 3.05) is 11.9 Å². The first kappa shape index (κ1) is 10.4. The SMILES string of the molecule is CCNc1cc([N+](=O)[O-])c(F)cc1F. The maximum Gasteiger partial charge on any atom is 0.307 e. The molecule has 1 N–H and O–H groups in total. The van der Waals surface area contributed by atoms with Gasteiger partial charge >= 0.3 is 5.69 Å². The van der Waals surface area contributed by atoms with Gasteiger partial charge in [-0.1, -0.05) is 0 Å². The first-order valence-electron chi connectivity index (χ1n) is 3.93. The monoisotopic (exact) mass is 202 g/mol. The number of anilines is 1. The Bertz CT molecular complexity index is 369. The third-order valence-electron chi connectivity index (χ3n) is 1.60. The molecule has 0 bridgehead atoms. The zero-order valence-corrected chi connectivity index (χ0v) is 7.38. The van der Waals surface area contributed by atoms with Crippen LogP contribution in [0.5, 0.6) is 0 Å². The third-order valence-corrected chi connectivity index (χ3v) is 1.60. The van der Waals surface area contributed by atoms with Crippen LogP contribution in [-0.4, -0.2) is 11.5 Å². The van der Waals surface area contributed by atoms with Gasteiger partial charge in [0.2, 0.25) is 5.82 Å². The summed E-state index contributed by atoms with van der Waals surface area (Å²) < 4.78 is 25.8. The Balaban J connectivity index is 3.20. The van der Waals surface area contributed by atoms with Gasteiger partial charge in [0.15, 0.2) is 0 Å². The van der Waals surface area contributed by atoms with Crippen LogP contribution in [0.4, 0.5) is 20.2 Å². The maximum absolute atomic E-state index is 13.0. The number of nitrogens with one attached hydrogen (secondary N) is 1. The molecule has 14 heavy (non-hydrogen) atoms. The molecule has 1 aromatic carbocycles. The molecule has 0 aliphatic rings. The van der Waals surface area contributed by atoms with E-state index in [0.29, 0.717) is 12.6 Å². The van der Waals surface area contributed by atoms with Gasteiger partial charge in [-0.25, -0.2) is 4.39 Å². The molecule has 0 fully saturated rings. The lowest BCUT2D eigenvalue weighted by atomic mass is 10.2. The minimum atomic E-state index is -1.17. The molecule has 0 atom stereocenters. The zero-order chi connectivity index (χ0) is 10.7. The average molecular weight is 202 g/mol. The van der Waals surface area contributed by atoms with Crippen LogP contribution < -0.4 is 5.32 Å². The second kappa shape index (κ2) is 3.99. The summed E-state index contributed by atoms with van der Waals surface area (Å²) in [6.45, 7) is 2.11. The summed E-state index contributed by atoms with van der Waals surface area (Å²) in [7, 11) is 0. The topological polar surface area (TPSA) is 55.2 Å². The second-order valence-electron chi connectivity index (χ2n) is 2.57. The van der Waals surface area contributed by atoms with Crippen LogP contribution in [0.2, 0.25) is 0 Å². The van der Waals surface area contributed by atoms with Gasteiger partial charge in [0.05, 0.1) is 10.6 Å². The van der Waals surface area contributed by atoms with E-state index in [1.54, 1.807) is 6.92 Å². The molecule has 0 aliphatic heterocycles. The van der Waals surface area contributed by atoms with Gasteiger partial charge in [-0.15, -0.1) is 0 Å². The molecule has 0 amide bonds. The van der Waals surface area contributed by atoms with Crippen molar-refractivity contribution in [1.82, 2.24) is 0 Å². The molecule has 6 heteroatoms. The summed E-state index contributed by atoms with van der Waals surface area (Å²) in [5.74, 6) is -2.01. The van der Waals surface area contributed by atoms with E-state index in [0.717, 1.165) is 6.07 Å². The molecule has 1 rings (SSSR count). The summed E-state index contributed by atoms with van der Waals surface area (Å²) >= 11 is 0. The van der Waals surface area contributed by atoms with Crippen molar-refractivity contribution in [2.24, 2.45) is 0 Å². The fourth-order valence-electron chi connectivity index (χ4n) is 1.00. The number of halogens is 2. The molecule has 0 unspecified atom stereocenters. The summed E-state index contributed by atoms with van der Waals surface area (Å²) in [6.07, 6.45) is 0. The Labute approximate surface area is 78.7 Å². The number of nitro benzene ring substituents is 1. The highest BCUT2D eigenvalue weighted by Gasteiger charge is 2.17. The first-order valence-corrected chi connectivity index (χ1v) is 3.93. The smallest absolute Gasteiger partial charge is 0.307 e. The highest BCUT2D eigenvalue weighted by Crippen LogP contribution is 2.24. The standard InChI is InChI=1S/C8H8F2N2O2/c1-2-11-7-4-8(12(13)14)6(10)3-5(7)9/h3-4,11H,2H2,1H3. The zero-order valence-electron chi connectivity index (χ0n) is 7.38. The van der Waals surface area contributed by atoms with Gasteiger partial charge in [-0.2, -0.15) is 4.39 Å². The highest BCUT2D eigenvalue weighted by molar-refractivity contribution is 5.52. The minimum absolute atomic E-state index is 0.0689. The Morgan fingerprint density at radius 2 is 2.07 bits per heavy atom. The predicted octanol–water partition coefficient (Wildman–Crippen LogP) is 2.30. The first-order chi connectivity index (χ1) is 6.56. The van der Waals surface area contributed by atoms with Gasteiger partial charge in [0.25, 0.3) is 0 Å². The van der Waals surface area contributed by atoms with E-state index >= 15 is 0 Å². The second-order valence-corrected chi connectivity index (χ2v) is 2.57. The van der Waals surface area contributed by atoms with Crippen molar-refractivity contribution < 1.29 is 13.7 Å². The quantitative estimate of drug-likeness (QED) is 0.604. The summed E-state index contributed by atoms with van der Waals surface area (Å²) in [5.41, 5.74) is -0.803. The molecule has 0 spiro atoms. The molecule has 0 heterocycles. The van der Waals surface area contributed by atoms with E-state index in [1.165, 1.54) is 0 Å². The van der Waals surface area contributed by atoms with E-state index in [9.17, 15) is 18.9 Å². The van der Waals surface area contributed by atoms with Gasteiger partial charge in [0.1, 0.15) is 5.82 Å². The van der Waals surface area contributed by atoms with Crippen molar-refractivity contribution in [2.45, 2.75) is 6.92 Å². The van der Waals surface area contributed by atoms with Gasteiger partial charge in [0, 0.05) is 18.7 Å². The highest BCUT2D eigenvalue weighted by atomic mass is 19.1. The van der Waals surface area contributed by atoms with Gasteiger partial charge in [-0.3, -0.25) is 10.1 Å². The largest absolute Gasteiger partial charge is 0.383 e. The molecular weight excluding hydrogens is 194 g/mol. The van der Waals surface area contributed by atoms with E-state index in [1.807, 2.05) is 0 Å². The lowest BCUT2D eigenvalue weighted by Crippen LogP contribution is -2.02. The van der Waals surface area contributed by atoms with Crippen LogP contribution >= 0.6 is 0 Å². The molecule has 0 aliphatic carbocycles. The predicted molar refractivity (Wildman–Crippen MR) is 47.2 cm³/mol. The number of nitrogens with zero attached hydrogens (tertiary/aromatic N) is 1. The summed E-state index contributed by atoms with van der Waals surface area (Å²) in [6, 6.07) is 1.34. The van der Waals surface area contributed by atoms with Crippen molar-refractivity contribution >= 4 is 11.4 Å². The van der Waals surface area contributed by atoms with Crippen molar-refractivity contribution in [3.8, 4) is 0 Å². The molecule has 0 radical (unpaired) electrons. The van der Waals surface area contributed by atoms with Crippen molar-refractivity contribution in [1.29, 1.82) is 0 Å². The molecule has 1 aromatic rings. The van der Waals surface area contributed by atoms with Crippen LogP contribution in [0.1, 0.15) is 6.92 Å². The van der Waals surface area contributed by atoms with Crippen LogP contribution in [0, 0.1) is 21.7 Å². The normalized spacial score (nSPS) is 9.93. The van der Waals surface area contributed by atoms with Crippen LogP contribution in [0.15, 0.2) is 12.1 Å². The fourth-order valence-corrected chi connectivity index (χ4v) is 1.00. The Kier molecular flexibility index (Phi) is 2.95. The number of rotatable bonds is 3. The Morgan fingerprint density at radius 3 is 2.57 bits per heavy atom. The molecule has 0 saturated heterocycles. The number of hydrogen-bond donors (Lipinski definition) is 1. The van der Waals surface area contributed by atoms with E-state index < -0.39 is 22.2 Å². The average Bonchev–Trinajstić information content (AvgIpc) is 2.09. The summed E-state index contributed by atoms with van der Waals surface area (Å²) in [5, 5.41) is 12.9. The number of nitro groups is 1. The third kappa shape index (κ3) is 1.95. The number of benzene rings is 1. The van der Waals surface area contributed by atoms with Crippen LogP contribution in [0.3, 0.4) is 0 Å². The summed E-state index contributed by atoms with van der Waals surface area (Å²) in [4.78, 5) is 9.41. The van der Waals surface area contributed by atoms with E-state index in [4.69, 9.17) is 0 Å². The fraction of sp³-hybridized carbons (Fsp3) is 0.250. The van der Waals surface area contributed by atoms with Crippen molar-refractivity contribution in [3.63, 3.8) is 0 Å². The van der Waals surface area contributed by atoms with Gasteiger partial charge < -0.3 is 5.32 Å². The number of hydrogen-bond acceptors (Lipinski definition) is 3. The van der Waals surface area contributed by atoms with Crippen molar-refractivity contribution in [3.05, 3.63) is 33.9 Å². The Morgan fingerprint density at radius 1 is 1.43 bits per heavy atom. The molecule has 0 saturated carbocycles. The molecule has 0 aromatic heterocycles. The lowest BCUT2D eigenvalue weighted by molar-refractivity contribution is -0.387. The Hall–Kier alpha value is -1.72.